The molecule has 4 N–H and O–H groups in total. The lowest BCUT2D eigenvalue weighted by molar-refractivity contribution is -0.152. The van der Waals surface area contributed by atoms with Gasteiger partial charge in [0.25, 0.3) is 11.5 Å². The normalized spacial score (nSPS) is 24.9. The molecule has 1 aliphatic heterocycles. The molecule has 0 spiro atoms. The Balaban J connectivity index is 1.69. The summed E-state index contributed by atoms with van der Waals surface area (Å²) in [6, 6.07) is 0.429. The van der Waals surface area contributed by atoms with Crippen LogP contribution in [0, 0.1) is 13.8 Å². The second-order valence-corrected chi connectivity index (χ2v) is 6.89. The fourth-order valence-corrected chi connectivity index (χ4v) is 3.18. The van der Waals surface area contributed by atoms with Gasteiger partial charge in [0.15, 0.2) is 0 Å². The van der Waals surface area contributed by atoms with Crippen LogP contribution in [0.15, 0.2) is 21.9 Å². The van der Waals surface area contributed by atoms with Crippen LogP contribution in [0.4, 0.5) is 0 Å². The maximum Gasteiger partial charge on any atom is 0.328 e. The molecule has 2 aromatic heterocycles. The van der Waals surface area contributed by atoms with Gasteiger partial charge in [-0.1, -0.05) is 0 Å². The quantitative estimate of drug-likeness (QED) is 0.460. The number of carbonyl (C=O) groups excluding carboxylic acids is 1. The molecule has 1 fully saturated rings. The third kappa shape index (κ3) is 3.77. The van der Waals surface area contributed by atoms with E-state index in [-0.39, 0.29) is 13.2 Å². The highest BCUT2D eigenvalue weighted by Crippen LogP contribution is 2.18. The van der Waals surface area contributed by atoms with Crippen LogP contribution in [0.2, 0.25) is 0 Å². The Bertz CT molecular complexity index is 993. The van der Waals surface area contributed by atoms with Gasteiger partial charge >= 0.3 is 5.69 Å². The van der Waals surface area contributed by atoms with E-state index in [4.69, 9.17) is 4.74 Å². The minimum atomic E-state index is -1.34. The zero-order valence-electron chi connectivity index (χ0n) is 15.7. The summed E-state index contributed by atoms with van der Waals surface area (Å²) in [6.07, 6.45) is -2.10. The molecule has 0 unspecified atom stereocenters. The van der Waals surface area contributed by atoms with Crippen molar-refractivity contribution in [1.29, 1.82) is 0 Å². The number of amides is 1. The molecule has 0 radical (unpaired) electrons. The summed E-state index contributed by atoms with van der Waals surface area (Å²) < 4.78 is 8.40. The molecule has 3 heterocycles. The molecule has 0 bridgehead atoms. The molecule has 11 nitrogen and oxygen atoms in total. The summed E-state index contributed by atoms with van der Waals surface area (Å²) in [7, 11) is 1.71. The average molecular weight is 393 g/mol. The van der Waals surface area contributed by atoms with E-state index in [0.717, 1.165) is 0 Å². The Morgan fingerprint density at radius 3 is 2.68 bits per heavy atom. The first-order valence-corrected chi connectivity index (χ1v) is 8.77. The average Bonchev–Trinajstić information content (AvgIpc) is 2.96. The fourth-order valence-electron chi connectivity index (χ4n) is 3.18. The Kier molecular flexibility index (Phi) is 5.49. The predicted molar refractivity (Wildman–Crippen MR) is 97.0 cm³/mol. The summed E-state index contributed by atoms with van der Waals surface area (Å²) in [4.78, 5) is 37.8. The van der Waals surface area contributed by atoms with Crippen molar-refractivity contribution in [2.24, 2.45) is 7.05 Å². The van der Waals surface area contributed by atoms with E-state index < -0.39 is 41.5 Å². The molecule has 1 saturated heterocycles. The number of aliphatic hydroxyl groups excluding tert-OH is 2. The van der Waals surface area contributed by atoms with E-state index in [1.165, 1.54) is 16.8 Å². The molecular formula is C17H23N5O6. The van der Waals surface area contributed by atoms with Crippen LogP contribution >= 0.6 is 0 Å². The first kappa shape index (κ1) is 20.0. The van der Waals surface area contributed by atoms with E-state index in [0.29, 0.717) is 17.0 Å². The molecule has 0 aromatic carbocycles. The highest BCUT2D eigenvalue weighted by atomic mass is 16.5. The SMILES string of the molecule is Cc1c(C(=O)N[C@@H]2CO[C@H](Cn3c(C)cc(=O)[nH]c3=O)[C@@H](O)[C@H]2O)cnn1C. The molecule has 4 atom stereocenters. The molecule has 0 aliphatic carbocycles. The number of rotatable bonds is 4. The highest BCUT2D eigenvalue weighted by molar-refractivity contribution is 5.95. The van der Waals surface area contributed by atoms with E-state index >= 15 is 0 Å². The minimum Gasteiger partial charge on any atom is -0.388 e. The topological polar surface area (TPSA) is 151 Å². The van der Waals surface area contributed by atoms with Gasteiger partial charge in [-0.25, -0.2) is 4.79 Å². The summed E-state index contributed by atoms with van der Waals surface area (Å²) in [6.45, 7) is 3.22. The van der Waals surface area contributed by atoms with Gasteiger partial charge in [-0.05, 0) is 13.8 Å². The van der Waals surface area contributed by atoms with Crippen LogP contribution in [0.1, 0.15) is 21.7 Å². The van der Waals surface area contributed by atoms with Crippen molar-refractivity contribution < 1.29 is 19.7 Å². The number of hydrogen-bond acceptors (Lipinski definition) is 7. The highest BCUT2D eigenvalue weighted by Gasteiger charge is 2.39. The number of nitrogens with one attached hydrogen (secondary N) is 2. The summed E-state index contributed by atoms with van der Waals surface area (Å²) in [5, 5.41) is 27.5. The standard InChI is InChI=1S/C17H23N5O6/c1-8-4-13(23)20-17(27)22(8)6-12-15(25)14(24)11(7-28-12)19-16(26)10-5-18-21(3)9(10)2/h4-5,11-12,14-15,24-25H,6-7H2,1-3H3,(H,19,26)(H,20,23,27)/t11-,12-,14+,15-/m1/s1. The van der Waals surface area contributed by atoms with E-state index in [1.54, 1.807) is 25.6 Å². The lowest BCUT2D eigenvalue weighted by Crippen LogP contribution is -2.60. The lowest BCUT2D eigenvalue weighted by Gasteiger charge is -2.38. The number of aromatic nitrogens is 4. The number of carbonyl (C=O) groups is 1. The number of aryl methyl sites for hydroxylation is 2. The molecule has 2 aromatic rings. The Morgan fingerprint density at radius 1 is 1.36 bits per heavy atom. The Morgan fingerprint density at radius 2 is 2.07 bits per heavy atom. The van der Waals surface area contributed by atoms with Gasteiger partial charge in [-0.15, -0.1) is 0 Å². The molecule has 28 heavy (non-hydrogen) atoms. The Labute approximate surface area is 159 Å². The molecule has 3 rings (SSSR count). The first-order chi connectivity index (χ1) is 13.2. The fraction of sp³-hybridized carbons (Fsp3) is 0.529. The van der Waals surface area contributed by atoms with Crippen LogP contribution in [-0.4, -0.2) is 66.4 Å². The molecular weight excluding hydrogens is 370 g/mol. The van der Waals surface area contributed by atoms with Gasteiger partial charge in [-0.3, -0.25) is 23.8 Å². The molecule has 1 aliphatic rings. The maximum absolute atomic E-state index is 12.4. The number of aromatic amines is 1. The maximum atomic E-state index is 12.4. The van der Waals surface area contributed by atoms with Crippen LogP contribution in [0.3, 0.4) is 0 Å². The zero-order chi connectivity index (χ0) is 20.6. The number of nitrogens with zero attached hydrogens (tertiary/aromatic N) is 3. The number of hydrogen-bond donors (Lipinski definition) is 4. The molecule has 0 saturated carbocycles. The van der Waals surface area contributed by atoms with E-state index in [2.05, 4.69) is 15.4 Å². The summed E-state index contributed by atoms with van der Waals surface area (Å²) >= 11 is 0. The summed E-state index contributed by atoms with van der Waals surface area (Å²) in [5.41, 5.74) is 0.286. The zero-order valence-corrected chi connectivity index (χ0v) is 15.7. The lowest BCUT2D eigenvalue weighted by atomic mass is 9.97. The van der Waals surface area contributed by atoms with Crippen molar-refractivity contribution in [3.05, 3.63) is 50.1 Å². The molecule has 1 amide bonds. The minimum absolute atomic E-state index is 0.0505. The summed E-state index contributed by atoms with van der Waals surface area (Å²) in [5.74, 6) is -0.434. The third-order valence-corrected chi connectivity index (χ3v) is 5.03. The van der Waals surface area contributed by atoms with Gasteiger partial charge in [0.2, 0.25) is 0 Å². The first-order valence-electron chi connectivity index (χ1n) is 8.77. The predicted octanol–water partition coefficient (Wildman–Crippen LogP) is -2.19. The van der Waals surface area contributed by atoms with Crippen molar-refractivity contribution in [2.45, 2.75) is 44.7 Å². The van der Waals surface area contributed by atoms with Crippen molar-refractivity contribution in [1.82, 2.24) is 24.6 Å². The second kappa shape index (κ2) is 7.70. The van der Waals surface area contributed by atoms with Gasteiger partial charge < -0.3 is 20.3 Å². The van der Waals surface area contributed by atoms with Crippen LogP contribution in [-0.2, 0) is 18.3 Å². The van der Waals surface area contributed by atoms with Gasteiger partial charge in [0.1, 0.15) is 18.3 Å². The Hall–Kier alpha value is -2.76. The van der Waals surface area contributed by atoms with Gasteiger partial charge in [-0.2, -0.15) is 5.10 Å². The third-order valence-electron chi connectivity index (χ3n) is 5.03. The smallest absolute Gasteiger partial charge is 0.328 e. The van der Waals surface area contributed by atoms with E-state index in [1.807, 2.05) is 0 Å². The van der Waals surface area contributed by atoms with Crippen molar-refractivity contribution in [3.8, 4) is 0 Å². The van der Waals surface area contributed by atoms with Gasteiger partial charge in [0.05, 0.1) is 31.0 Å². The number of ether oxygens (including phenoxy) is 1. The largest absolute Gasteiger partial charge is 0.388 e. The van der Waals surface area contributed by atoms with Crippen LogP contribution in [0.5, 0.6) is 0 Å². The monoisotopic (exact) mass is 393 g/mol. The van der Waals surface area contributed by atoms with Crippen molar-refractivity contribution >= 4 is 5.91 Å². The van der Waals surface area contributed by atoms with Crippen molar-refractivity contribution in [3.63, 3.8) is 0 Å². The number of H-pyrrole nitrogens is 1. The molecule has 152 valence electrons. The molecule has 11 heteroatoms. The van der Waals surface area contributed by atoms with Crippen LogP contribution < -0.4 is 16.6 Å². The second-order valence-electron chi connectivity index (χ2n) is 6.89. The number of aliphatic hydroxyl groups is 2. The van der Waals surface area contributed by atoms with Crippen molar-refractivity contribution in [2.75, 3.05) is 6.61 Å². The van der Waals surface area contributed by atoms with E-state index in [9.17, 15) is 24.6 Å². The van der Waals surface area contributed by atoms with Gasteiger partial charge in [0, 0.05) is 24.5 Å². The van der Waals surface area contributed by atoms with Crippen LogP contribution in [0.25, 0.3) is 0 Å².